The molecule has 0 fully saturated rings. The minimum absolute atomic E-state index is 0.0730. The molecule has 0 bridgehead atoms. The minimum atomic E-state index is 0.0730. The first-order valence-electron chi connectivity index (χ1n) is 5.73. The van der Waals surface area contributed by atoms with E-state index >= 15 is 0 Å². The second-order valence-corrected chi connectivity index (χ2v) is 4.71. The Labute approximate surface area is 108 Å². The summed E-state index contributed by atoms with van der Waals surface area (Å²) >= 11 is 5.87. The zero-order valence-electron chi connectivity index (χ0n) is 9.81. The van der Waals surface area contributed by atoms with E-state index in [2.05, 4.69) is 48.5 Å². The Hall–Kier alpha value is -1.53. The third-order valence-corrected chi connectivity index (χ3v) is 2.72. The number of rotatable bonds is 3. The summed E-state index contributed by atoms with van der Waals surface area (Å²) in [5.74, 6) is 0. The van der Waals surface area contributed by atoms with Gasteiger partial charge in [0, 0.05) is 5.38 Å². The van der Waals surface area contributed by atoms with Crippen molar-refractivity contribution >= 4 is 17.7 Å². The second kappa shape index (κ2) is 5.70. The van der Waals surface area contributed by atoms with Crippen LogP contribution in [0.3, 0.4) is 0 Å². The summed E-state index contributed by atoms with van der Waals surface area (Å²) in [7, 11) is 0. The SMILES string of the molecule is CC(Cl)C=Cc1ccc(-c2ccccc2)cc1. The van der Waals surface area contributed by atoms with Gasteiger partial charge < -0.3 is 0 Å². The average molecular weight is 243 g/mol. The van der Waals surface area contributed by atoms with Crippen LogP contribution in [0, 0.1) is 0 Å². The molecule has 1 atom stereocenters. The smallest absolute Gasteiger partial charge is 0.0491 e. The molecule has 0 nitrogen and oxygen atoms in total. The normalized spacial score (nSPS) is 12.8. The Morgan fingerprint density at radius 1 is 0.882 bits per heavy atom. The van der Waals surface area contributed by atoms with Crippen LogP contribution in [-0.4, -0.2) is 5.38 Å². The van der Waals surface area contributed by atoms with Crippen molar-refractivity contribution in [3.8, 4) is 11.1 Å². The highest BCUT2D eigenvalue weighted by molar-refractivity contribution is 6.21. The summed E-state index contributed by atoms with van der Waals surface area (Å²) in [6.07, 6.45) is 4.03. The molecule has 2 aromatic rings. The van der Waals surface area contributed by atoms with E-state index in [0.29, 0.717) is 0 Å². The van der Waals surface area contributed by atoms with Crippen molar-refractivity contribution in [2.75, 3.05) is 0 Å². The van der Waals surface area contributed by atoms with E-state index in [1.165, 1.54) is 16.7 Å². The molecule has 0 radical (unpaired) electrons. The fourth-order valence-corrected chi connectivity index (χ4v) is 1.73. The van der Waals surface area contributed by atoms with Crippen LogP contribution in [0.1, 0.15) is 12.5 Å². The van der Waals surface area contributed by atoms with Gasteiger partial charge in [0.2, 0.25) is 0 Å². The second-order valence-electron chi connectivity index (χ2n) is 4.02. The molecule has 2 aromatic carbocycles. The molecule has 0 spiro atoms. The fraction of sp³-hybridized carbons (Fsp3) is 0.125. The highest BCUT2D eigenvalue weighted by atomic mass is 35.5. The summed E-state index contributed by atoms with van der Waals surface area (Å²) in [6, 6.07) is 18.9. The van der Waals surface area contributed by atoms with Crippen molar-refractivity contribution in [1.29, 1.82) is 0 Å². The standard InChI is InChI=1S/C16H15Cl/c1-13(17)7-8-14-9-11-16(12-10-14)15-5-3-2-4-6-15/h2-13H,1H3. The van der Waals surface area contributed by atoms with Gasteiger partial charge in [0.05, 0.1) is 0 Å². The Balaban J connectivity index is 2.19. The van der Waals surface area contributed by atoms with E-state index < -0.39 is 0 Å². The molecule has 2 rings (SSSR count). The number of benzene rings is 2. The molecule has 0 N–H and O–H groups in total. The Kier molecular flexibility index (Phi) is 4.00. The lowest BCUT2D eigenvalue weighted by molar-refractivity contribution is 1.24. The largest absolute Gasteiger partial charge is 0.119 e. The molecule has 0 aromatic heterocycles. The van der Waals surface area contributed by atoms with Crippen LogP contribution in [0.2, 0.25) is 0 Å². The van der Waals surface area contributed by atoms with Gasteiger partial charge in [-0.1, -0.05) is 66.7 Å². The molecule has 1 heteroatoms. The molecule has 86 valence electrons. The molecule has 0 amide bonds. The zero-order valence-corrected chi connectivity index (χ0v) is 10.6. The zero-order chi connectivity index (χ0) is 12.1. The van der Waals surface area contributed by atoms with Crippen LogP contribution in [0.25, 0.3) is 17.2 Å². The number of hydrogen-bond acceptors (Lipinski definition) is 0. The molecule has 0 aliphatic carbocycles. The van der Waals surface area contributed by atoms with Crippen molar-refractivity contribution < 1.29 is 0 Å². The molecule has 0 saturated heterocycles. The van der Waals surface area contributed by atoms with Crippen LogP contribution < -0.4 is 0 Å². The van der Waals surface area contributed by atoms with E-state index in [4.69, 9.17) is 11.6 Å². The first-order valence-corrected chi connectivity index (χ1v) is 6.17. The molecule has 0 saturated carbocycles. The van der Waals surface area contributed by atoms with Crippen LogP contribution in [-0.2, 0) is 0 Å². The third kappa shape index (κ3) is 3.47. The van der Waals surface area contributed by atoms with Crippen molar-refractivity contribution in [3.63, 3.8) is 0 Å². The monoisotopic (exact) mass is 242 g/mol. The fourth-order valence-electron chi connectivity index (χ4n) is 1.66. The predicted molar refractivity (Wildman–Crippen MR) is 76.2 cm³/mol. The van der Waals surface area contributed by atoms with Crippen molar-refractivity contribution in [2.45, 2.75) is 12.3 Å². The first-order chi connectivity index (χ1) is 8.25. The van der Waals surface area contributed by atoms with Gasteiger partial charge in [0.25, 0.3) is 0 Å². The van der Waals surface area contributed by atoms with Gasteiger partial charge in [-0.2, -0.15) is 0 Å². The molecule has 0 aliphatic rings. The molecular weight excluding hydrogens is 228 g/mol. The maximum Gasteiger partial charge on any atom is 0.0491 e. The highest BCUT2D eigenvalue weighted by Gasteiger charge is 1.95. The van der Waals surface area contributed by atoms with E-state index in [1.54, 1.807) is 0 Å². The summed E-state index contributed by atoms with van der Waals surface area (Å²) in [5.41, 5.74) is 3.66. The Morgan fingerprint density at radius 2 is 1.47 bits per heavy atom. The van der Waals surface area contributed by atoms with Gasteiger partial charge in [-0.05, 0) is 23.6 Å². The van der Waals surface area contributed by atoms with Gasteiger partial charge in [-0.25, -0.2) is 0 Å². The Bertz CT molecular complexity index is 481. The quantitative estimate of drug-likeness (QED) is 0.665. The summed E-state index contributed by atoms with van der Waals surface area (Å²) in [4.78, 5) is 0. The van der Waals surface area contributed by atoms with Gasteiger partial charge in [-0.3, -0.25) is 0 Å². The van der Waals surface area contributed by atoms with Gasteiger partial charge in [0.15, 0.2) is 0 Å². The predicted octanol–water partition coefficient (Wildman–Crippen LogP) is 4.99. The van der Waals surface area contributed by atoms with E-state index in [-0.39, 0.29) is 5.38 Å². The number of allylic oxidation sites excluding steroid dienone is 1. The summed E-state index contributed by atoms with van der Waals surface area (Å²) < 4.78 is 0. The molecular formula is C16H15Cl. The van der Waals surface area contributed by atoms with Crippen LogP contribution in [0.4, 0.5) is 0 Å². The number of halogens is 1. The minimum Gasteiger partial charge on any atom is -0.119 e. The topological polar surface area (TPSA) is 0 Å². The molecule has 0 aliphatic heterocycles. The van der Waals surface area contributed by atoms with E-state index in [1.807, 2.05) is 25.1 Å². The lowest BCUT2D eigenvalue weighted by Crippen LogP contribution is -1.81. The van der Waals surface area contributed by atoms with Crippen LogP contribution in [0.5, 0.6) is 0 Å². The third-order valence-electron chi connectivity index (χ3n) is 2.57. The van der Waals surface area contributed by atoms with E-state index in [0.717, 1.165) is 0 Å². The maximum atomic E-state index is 5.87. The van der Waals surface area contributed by atoms with Crippen LogP contribution in [0.15, 0.2) is 60.7 Å². The van der Waals surface area contributed by atoms with Crippen molar-refractivity contribution in [1.82, 2.24) is 0 Å². The lowest BCUT2D eigenvalue weighted by atomic mass is 10.0. The average Bonchev–Trinajstić information content (AvgIpc) is 2.38. The van der Waals surface area contributed by atoms with Crippen molar-refractivity contribution in [3.05, 3.63) is 66.2 Å². The summed E-state index contributed by atoms with van der Waals surface area (Å²) in [5, 5.41) is 0.0730. The molecule has 17 heavy (non-hydrogen) atoms. The van der Waals surface area contributed by atoms with Gasteiger partial charge in [0.1, 0.15) is 0 Å². The van der Waals surface area contributed by atoms with E-state index in [9.17, 15) is 0 Å². The highest BCUT2D eigenvalue weighted by Crippen LogP contribution is 2.19. The Morgan fingerprint density at radius 3 is 2.06 bits per heavy atom. The number of hydrogen-bond donors (Lipinski definition) is 0. The van der Waals surface area contributed by atoms with Gasteiger partial charge >= 0.3 is 0 Å². The molecule has 0 heterocycles. The maximum absolute atomic E-state index is 5.87. The van der Waals surface area contributed by atoms with Gasteiger partial charge in [-0.15, -0.1) is 11.6 Å². The van der Waals surface area contributed by atoms with Crippen LogP contribution >= 0.6 is 11.6 Å². The van der Waals surface area contributed by atoms with Crippen molar-refractivity contribution in [2.24, 2.45) is 0 Å². The lowest BCUT2D eigenvalue weighted by Gasteiger charge is -2.02. The first kappa shape index (κ1) is 11.9. The number of alkyl halides is 1. The summed E-state index contributed by atoms with van der Waals surface area (Å²) in [6.45, 7) is 1.95. The molecule has 1 unspecified atom stereocenters.